The predicted octanol–water partition coefficient (Wildman–Crippen LogP) is 3.47. The Morgan fingerprint density at radius 1 is 1.04 bits per heavy atom. The lowest BCUT2D eigenvalue weighted by Crippen LogP contribution is -2.21. The van der Waals surface area contributed by atoms with Gasteiger partial charge in [0.05, 0.1) is 21.5 Å². The zero-order chi connectivity index (χ0) is 17.2. The van der Waals surface area contributed by atoms with Gasteiger partial charge in [-0.1, -0.05) is 53.8 Å². The maximum absolute atomic E-state index is 12.7. The van der Waals surface area contributed by atoms with Gasteiger partial charge in [-0.3, -0.25) is 4.79 Å². The minimum Gasteiger partial charge on any atom is -0.404 e. The largest absolute Gasteiger partial charge is 0.404 e. The average Bonchev–Trinajstić information content (AvgIpc) is 3.21. The summed E-state index contributed by atoms with van der Waals surface area (Å²) in [5.74, 6) is -0.218. The number of carbonyl (C=O) groups excluding carboxylic acids is 1. The van der Waals surface area contributed by atoms with Crippen molar-refractivity contribution < 1.29 is 4.79 Å². The van der Waals surface area contributed by atoms with Crippen molar-refractivity contribution in [2.75, 3.05) is 5.01 Å². The normalized spacial score (nSPS) is 16.0. The van der Waals surface area contributed by atoms with E-state index < -0.39 is 0 Å². The Morgan fingerprint density at radius 2 is 1.80 bits per heavy atom. The molecular formula is C19H16N4OS. The molecule has 0 spiro atoms. The predicted molar refractivity (Wildman–Crippen MR) is 102 cm³/mol. The van der Waals surface area contributed by atoms with Crippen LogP contribution in [0, 0.1) is 0 Å². The highest BCUT2D eigenvalue weighted by Gasteiger charge is 2.32. The Labute approximate surface area is 149 Å². The van der Waals surface area contributed by atoms with Gasteiger partial charge in [-0.05, 0) is 30.5 Å². The van der Waals surface area contributed by atoms with Gasteiger partial charge in [0.15, 0.2) is 0 Å². The van der Waals surface area contributed by atoms with Crippen molar-refractivity contribution in [3.8, 4) is 0 Å². The van der Waals surface area contributed by atoms with Crippen molar-refractivity contribution in [3.05, 3.63) is 71.9 Å². The second-order valence-electron chi connectivity index (χ2n) is 5.69. The molecule has 3 aromatic rings. The fourth-order valence-corrected chi connectivity index (χ4v) is 3.71. The second-order valence-corrected chi connectivity index (χ2v) is 6.70. The molecule has 2 heterocycles. The highest BCUT2D eigenvalue weighted by molar-refractivity contribution is 7.22. The fourth-order valence-electron chi connectivity index (χ4n) is 2.80. The summed E-state index contributed by atoms with van der Waals surface area (Å²) in [6.45, 7) is 0. The zero-order valence-corrected chi connectivity index (χ0v) is 14.2. The molecule has 1 aromatic heterocycles. The van der Waals surface area contributed by atoms with E-state index in [0.717, 1.165) is 16.6 Å². The molecule has 0 radical (unpaired) electrons. The molecule has 0 unspecified atom stereocenters. The third-order valence-electron chi connectivity index (χ3n) is 4.08. The Balaban J connectivity index is 1.62. The summed E-state index contributed by atoms with van der Waals surface area (Å²) in [6.07, 6.45) is 2.80. The number of aryl methyl sites for hydroxylation is 1. The maximum Gasteiger partial charge on any atom is 0.284 e. The fraction of sp³-hybridized carbons (Fsp3) is 0.105. The molecule has 2 aromatic carbocycles. The second kappa shape index (κ2) is 6.49. The van der Waals surface area contributed by atoms with Crippen LogP contribution in [0.25, 0.3) is 10.2 Å². The van der Waals surface area contributed by atoms with Crippen molar-refractivity contribution in [3.63, 3.8) is 0 Å². The smallest absolute Gasteiger partial charge is 0.284 e. The molecule has 1 aliphatic rings. The quantitative estimate of drug-likeness (QED) is 0.734. The Kier molecular flexibility index (Phi) is 4.03. The van der Waals surface area contributed by atoms with Crippen molar-refractivity contribution in [1.29, 1.82) is 0 Å². The van der Waals surface area contributed by atoms with Crippen molar-refractivity contribution in [2.45, 2.75) is 12.8 Å². The van der Waals surface area contributed by atoms with Crippen LogP contribution in [0.1, 0.15) is 12.0 Å². The molecular weight excluding hydrogens is 332 g/mol. The van der Waals surface area contributed by atoms with Gasteiger partial charge in [0.1, 0.15) is 0 Å². The van der Waals surface area contributed by atoms with Gasteiger partial charge in [0, 0.05) is 6.20 Å². The number of aromatic nitrogens is 1. The molecule has 0 atom stereocenters. The Morgan fingerprint density at radius 3 is 2.56 bits per heavy atom. The third-order valence-corrected chi connectivity index (χ3v) is 5.09. The summed E-state index contributed by atoms with van der Waals surface area (Å²) in [5, 5.41) is 6.44. The number of rotatable bonds is 4. The molecule has 1 amide bonds. The van der Waals surface area contributed by atoms with Gasteiger partial charge in [0.2, 0.25) is 5.13 Å². The first-order chi connectivity index (χ1) is 12.3. The SMILES string of the molecule is N/C=C1/C(=O)N(c2nc3ccccc3s2)N=C1CCc1ccccc1. The molecule has 0 saturated heterocycles. The summed E-state index contributed by atoms with van der Waals surface area (Å²) in [4.78, 5) is 17.2. The number of fused-ring (bicyclic) bond motifs is 1. The summed E-state index contributed by atoms with van der Waals surface area (Å²) in [7, 11) is 0. The molecule has 2 N–H and O–H groups in total. The minimum atomic E-state index is -0.218. The van der Waals surface area contributed by atoms with Crippen molar-refractivity contribution in [2.24, 2.45) is 10.8 Å². The number of hydrogen-bond donors (Lipinski definition) is 1. The number of para-hydroxylation sites is 1. The highest BCUT2D eigenvalue weighted by atomic mass is 32.1. The molecule has 0 saturated carbocycles. The van der Waals surface area contributed by atoms with Gasteiger partial charge in [-0.15, -0.1) is 0 Å². The number of nitrogens with two attached hydrogens (primary N) is 1. The molecule has 124 valence electrons. The first-order valence-corrected chi connectivity index (χ1v) is 8.81. The average molecular weight is 348 g/mol. The number of anilines is 1. The van der Waals surface area contributed by atoms with E-state index in [1.807, 2.05) is 42.5 Å². The van der Waals surface area contributed by atoms with E-state index in [1.54, 1.807) is 0 Å². The van der Waals surface area contributed by atoms with Crippen LogP contribution in [0.4, 0.5) is 5.13 Å². The van der Waals surface area contributed by atoms with Crippen LogP contribution in [0.2, 0.25) is 0 Å². The lowest BCUT2D eigenvalue weighted by Gasteiger charge is -2.05. The molecule has 5 nitrogen and oxygen atoms in total. The van der Waals surface area contributed by atoms with Gasteiger partial charge >= 0.3 is 0 Å². The first kappa shape index (κ1) is 15.5. The minimum absolute atomic E-state index is 0.218. The molecule has 0 aliphatic carbocycles. The van der Waals surface area contributed by atoms with Gasteiger partial charge in [-0.2, -0.15) is 10.1 Å². The van der Waals surface area contributed by atoms with E-state index in [0.29, 0.717) is 22.8 Å². The van der Waals surface area contributed by atoms with Crippen LogP contribution in [-0.2, 0) is 11.2 Å². The van der Waals surface area contributed by atoms with Crippen molar-refractivity contribution in [1.82, 2.24) is 4.98 Å². The van der Waals surface area contributed by atoms with Crippen LogP contribution in [0.15, 0.2) is 71.5 Å². The summed E-state index contributed by atoms with van der Waals surface area (Å²) < 4.78 is 1.02. The summed E-state index contributed by atoms with van der Waals surface area (Å²) in [5.41, 5.74) is 8.91. The molecule has 1 aliphatic heterocycles. The number of benzene rings is 2. The van der Waals surface area contributed by atoms with E-state index in [4.69, 9.17) is 5.73 Å². The van der Waals surface area contributed by atoms with E-state index in [1.165, 1.54) is 28.1 Å². The van der Waals surface area contributed by atoms with Crippen LogP contribution in [0.3, 0.4) is 0 Å². The number of hydrazone groups is 1. The number of carbonyl (C=O) groups is 1. The van der Waals surface area contributed by atoms with Crippen LogP contribution in [0.5, 0.6) is 0 Å². The molecule has 6 heteroatoms. The Bertz CT molecular complexity index is 958. The summed E-state index contributed by atoms with van der Waals surface area (Å²) >= 11 is 1.45. The number of thiazole rings is 1. The maximum atomic E-state index is 12.7. The van der Waals surface area contributed by atoms with Gasteiger partial charge in [-0.25, -0.2) is 4.98 Å². The lowest BCUT2D eigenvalue weighted by atomic mass is 10.0. The Hall–Kier alpha value is -2.99. The highest BCUT2D eigenvalue weighted by Crippen LogP contribution is 2.32. The van der Waals surface area contributed by atoms with E-state index in [-0.39, 0.29) is 5.91 Å². The van der Waals surface area contributed by atoms with Crippen LogP contribution < -0.4 is 10.7 Å². The van der Waals surface area contributed by atoms with Gasteiger partial charge < -0.3 is 5.73 Å². The van der Waals surface area contributed by atoms with E-state index in [9.17, 15) is 4.79 Å². The molecule has 4 rings (SSSR count). The first-order valence-electron chi connectivity index (χ1n) is 8.00. The molecule has 0 bridgehead atoms. The molecule has 25 heavy (non-hydrogen) atoms. The van der Waals surface area contributed by atoms with Crippen LogP contribution >= 0.6 is 11.3 Å². The van der Waals surface area contributed by atoms with Gasteiger partial charge in [0.25, 0.3) is 5.91 Å². The van der Waals surface area contributed by atoms with E-state index in [2.05, 4.69) is 22.2 Å². The van der Waals surface area contributed by atoms with E-state index >= 15 is 0 Å². The number of amides is 1. The van der Waals surface area contributed by atoms with Crippen molar-refractivity contribution >= 4 is 38.3 Å². The standard InChI is InChI=1S/C19H16N4OS/c20-12-14-15(11-10-13-6-2-1-3-7-13)22-23(18(14)24)19-21-16-8-4-5-9-17(16)25-19/h1-9,12H,10-11,20H2/b14-12+. The monoisotopic (exact) mass is 348 g/mol. The molecule has 0 fully saturated rings. The lowest BCUT2D eigenvalue weighted by molar-refractivity contribution is -0.114. The van der Waals surface area contributed by atoms with Crippen LogP contribution in [-0.4, -0.2) is 16.6 Å². The third kappa shape index (κ3) is 2.92. The number of nitrogens with zero attached hydrogens (tertiary/aromatic N) is 3. The zero-order valence-electron chi connectivity index (χ0n) is 13.4. The number of hydrogen-bond acceptors (Lipinski definition) is 5. The summed E-state index contributed by atoms with van der Waals surface area (Å²) in [6, 6.07) is 17.9. The topological polar surface area (TPSA) is 71.6 Å².